The fraction of sp³-hybridized carbons (Fsp3) is 0.167. The van der Waals surface area contributed by atoms with Gasteiger partial charge >= 0.3 is 6.03 Å². The Hall–Kier alpha value is -4.00. The van der Waals surface area contributed by atoms with Crippen molar-refractivity contribution in [2.45, 2.75) is 6.04 Å². The van der Waals surface area contributed by atoms with Crippen LogP contribution in [0.1, 0.15) is 11.6 Å². The predicted molar refractivity (Wildman–Crippen MR) is 120 cm³/mol. The quantitative estimate of drug-likeness (QED) is 0.539. The molecule has 31 heavy (non-hydrogen) atoms. The van der Waals surface area contributed by atoms with Crippen LogP contribution in [0.2, 0.25) is 0 Å². The lowest BCUT2D eigenvalue weighted by Gasteiger charge is -2.20. The van der Waals surface area contributed by atoms with Crippen LogP contribution < -0.4 is 25.4 Å². The molecule has 3 N–H and O–H groups in total. The van der Waals surface area contributed by atoms with Gasteiger partial charge in [0.1, 0.15) is 17.5 Å². The average Bonchev–Trinajstić information content (AvgIpc) is 2.82. The van der Waals surface area contributed by atoms with Crippen molar-refractivity contribution in [3.8, 4) is 22.6 Å². The molecule has 0 radical (unpaired) electrons. The number of urea groups is 1. The van der Waals surface area contributed by atoms with Crippen LogP contribution in [0, 0.1) is 0 Å². The SMILES string of the molecule is CNC(=O)NC(=O)[C@@H](Nc1ccc(OC)c(-c2ccc(OC)cc2)c1)c1ccccc1. The number of methoxy groups -OCH3 is 2. The lowest BCUT2D eigenvalue weighted by molar-refractivity contribution is -0.120. The third-order valence-electron chi connectivity index (χ3n) is 4.77. The third kappa shape index (κ3) is 5.33. The van der Waals surface area contributed by atoms with Crippen LogP contribution in [0.3, 0.4) is 0 Å². The summed E-state index contributed by atoms with van der Waals surface area (Å²) in [6.07, 6.45) is 0. The molecule has 3 rings (SSSR count). The number of nitrogens with one attached hydrogen (secondary N) is 3. The summed E-state index contributed by atoms with van der Waals surface area (Å²) in [6.45, 7) is 0. The number of carbonyl (C=O) groups is 2. The van der Waals surface area contributed by atoms with Crippen molar-refractivity contribution in [1.29, 1.82) is 0 Å². The third-order valence-corrected chi connectivity index (χ3v) is 4.77. The minimum absolute atomic E-state index is 0.465. The van der Waals surface area contributed by atoms with Crippen LogP contribution in [0.4, 0.5) is 10.5 Å². The van der Waals surface area contributed by atoms with Crippen molar-refractivity contribution in [2.75, 3.05) is 26.6 Å². The van der Waals surface area contributed by atoms with Crippen molar-refractivity contribution in [3.05, 3.63) is 78.4 Å². The van der Waals surface area contributed by atoms with Crippen LogP contribution >= 0.6 is 0 Å². The zero-order valence-electron chi connectivity index (χ0n) is 17.6. The summed E-state index contributed by atoms with van der Waals surface area (Å²) in [7, 11) is 4.69. The average molecular weight is 419 g/mol. The van der Waals surface area contributed by atoms with Crippen molar-refractivity contribution in [3.63, 3.8) is 0 Å². The van der Waals surface area contributed by atoms with E-state index < -0.39 is 18.0 Å². The van der Waals surface area contributed by atoms with Crippen LogP contribution in [0.5, 0.6) is 11.5 Å². The fourth-order valence-corrected chi connectivity index (χ4v) is 3.15. The highest BCUT2D eigenvalue weighted by Crippen LogP contribution is 2.34. The molecule has 3 aromatic rings. The van der Waals surface area contributed by atoms with E-state index in [0.29, 0.717) is 11.4 Å². The number of ether oxygens (including phenoxy) is 2. The first kappa shape index (κ1) is 21.7. The van der Waals surface area contributed by atoms with Gasteiger partial charge in [-0.15, -0.1) is 0 Å². The highest BCUT2D eigenvalue weighted by Gasteiger charge is 2.22. The maximum atomic E-state index is 12.8. The van der Waals surface area contributed by atoms with Crippen molar-refractivity contribution >= 4 is 17.6 Å². The summed E-state index contributed by atoms with van der Waals surface area (Å²) >= 11 is 0. The summed E-state index contributed by atoms with van der Waals surface area (Å²) in [5.41, 5.74) is 3.22. The predicted octanol–water partition coefficient (Wildman–Crippen LogP) is 3.98. The van der Waals surface area contributed by atoms with E-state index in [-0.39, 0.29) is 0 Å². The van der Waals surface area contributed by atoms with E-state index in [4.69, 9.17) is 9.47 Å². The number of rotatable bonds is 7. The minimum atomic E-state index is -0.768. The first-order chi connectivity index (χ1) is 15.0. The van der Waals surface area contributed by atoms with Crippen LogP contribution in [0.25, 0.3) is 11.1 Å². The lowest BCUT2D eigenvalue weighted by atomic mass is 10.0. The highest BCUT2D eigenvalue weighted by atomic mass is 16.5. The van der Waals surface area contributed by atoms with Gasteiger partial charge in [0.15, 0.2) is 0 Å². The molecule has 3 amide bonds. The molecule has 0 bridgehead atoms. The number of hydrogen-bond donors (Lipinski definition) is 3. The maximum absolute atomic E-state index is 12.8. The van der Waals surface area contributed by atoms with E-state index in [1.807, 2.05) is 72.8 Å². The standard InChI is InChI=1S/C24H25N3O4/c1-25-24(29)27-23(28)22(17-7-5-4-6-8-17)26-18-11-14-21(31-3)20(15-18)16-9-12-19(30-2)13-10-16/h4-15,22,26H,1-3H3,(H2,25,27,28,29)/t22-/m0/s1. The monoisotopic (exact) mass is 419 g/mol. The number of imide groups is 1. The Morgan fingerprint density at radius 2 is 1.58 bits per heavy atom. The topological polar surface area (TPSA) is 88.7 Å². The Morgan fingerprint density at radius 1 is 0.871 bits per heavy atom. The van der Waals surface area contributed by atoms with Gasteiger partial charge in [-0.1, -0.05) is 42.5 Å². The second kappa shape index (κ2) is 10.2. The van der Waals surface area contributed by atoms with Gasteiger partial charge in [0.05, 0.1) is 14.2 Å². The highest BCUT2D eigenvalue weighted by molar-refractivity contribution is 5.98. The Labute approximate surface area is 181 Å². The summed E-state index contributed by atoms with van der Waals surface area (Å²) in [4.78, 5) is 24.5. The molecular formula is C24H25N3O4. The van der Waals surface area contributed by atoms with Crippen molar-refractivity contribution in [2.24, 2.45) is 0 Å². The molecule has 0 saturated carbocycles. The molecular weight excluding hydrogens is 394 g/mol. The number of anilines is 1. The van der Waals surface area contributed by atoms with E-state index in [1.165, 1.54) is 7.05 Å². The number of hydrogen-bond acceptors (Lipinski definition) is 5. The van der Waals surface area contributed by atoms with Gasteiger partial charge in [-0.05, 0) is 41.5 Å². The fourth-order valence-electron chi connectivity index (χ4n) is 3.15. The molecule has 0 aromatic heterocycles. The first-order valence-corrected chi connectivity index (χ1v) is 9.72. The minimum Gasteiger partial charge on any atom is -0.497 e. The molecule has 7 nitrogen and oxygen atoms in total. The summed E-state index contributed by atoms with van der Waals surface area (Å²) in [6, 6.07) is 21.1. The normalized spacial score (nSPS) is 11.2. The van der Waals surface area contributed by atoms with Gasteiger partial charge in [-0.3, -0.25) is 10.1 Å². The van der Waals surface area contributed by atoms with E-state index >= 15 is 0 Å². The van der Waals surface area contributed by atoms with E-state index in [9.17, 15) is 9.59 Å². The van der Waals surface area contributed by atoms with Gasteiger partial charge < -0.3 is 20.1 Å². The Kier molecular flexibility index (Phi) is 7.11. The molecule has 7 heteroatoms. The van der Waals surface area contributed by atoms with E-state index in [2.05, 4.69) is 16.0 Å². The molecule has 0 aliphatic carbocycles. The van der Waals surface area contributed by atoms with E-state index in [0.717, 1.165) is 22.4 Å². The summed E-state index contributed by atoms with van der Waals surface area (Å²) in [5, 5.41) is 7.97. The van der Waals surface area contributed by atoms with Crippen molar-refractivity contribution < 1.29 is 19.1 Å². The summed E-state index contributed by atoms with van der Waals surface area (Å²) in [5.74, 6) is 0.987. The largest absolute Gasteiger partial charge is 0.497 e. The van der Waals surface area contributed by atoms with Gasteiger partial charge in [-0.25, -0.2) is 4.79 Å². The molecule has 0 unspecified atom stereocenters. The molecule has 0 fully saturated rings. The first-order valence-electron chi connectivity index (χ1n) is 9.72. The van der Waals surface area contributed by atoms with Gasteiger partial charge in [0.2, 0.25) is 0 Å². The second-order valence-corrected chi connectivity index (χ2v) is 6.70. The number of carbonyl (C=O) groups excluding carboxylic acids is 2. The maximum Gasteiger partial charge on any atom is 0.321 e. The van der Waals surface area contributed by atoms with Gasteiger partial charge in [-0.2, -0.15) is 0 Å². The molecule has 1 atom stereocenters. The molecule has 3 aromatic carbocycles. The van der Waals surface area contributed by atoms with Crippen molar-refractivity contribution in [1.82, 2.24) is 10.6 Å². The molecule has 0 aliphatic heterocycles. The Bertz CT molecular complexity index is 1040. The van der Waals surface area contributed by atoms with E-state index in [1.54, 1.807) is 14.2 Å². The van der Waals surface area contributed by atoms with Crippen LogP contribution in [-0.4, -0.2) is 33.2 Å². The molecule has 0 spiro atoms. The van der Waals surface area contributed by atoms with Gasteiger partial charge in [0, 0.05) is 18.3 Å². The molecule has 0 heterocycles. The molecule has 0 aliphatic rings. The zero-order chi connectivity index (χ0) is 22.2. The Morgan fingerprint density at radius 3 is 2.19 bits per heavy atom. The van der Waals surface area contributed by atoms with Crippen LogP contribution in [-0.2, 0) is 4.79 Å². The summed E-state index contributed by atoms with van der Waals surface area (Å²) < 4.78 is 10.8. The zero-order valence-corrected chi connectivity index (χ0v) is 17.6. The molecule has 160 valence electrons. The van der Waals surface area contributed by atoms with Gasteiger partial charge in [0.25, 0.3) is 5.91 Å². The number of benzene rings is 3. The molecule has 0 saturated heterocycles. The van der Waals surface area contributed by atoms with Crippen LogP contribution in [0.15, 0.2) is 72.8 Å². The Balaban J connectivity index is 1.95. The number of amides is 3. The second-order valence-electron chi connectivity index (χ2n) is 6.70. The smallest absolute Gasteiger partial charge is 0.321 e. The lowest BCUT2D eigenvalue weighted by Crippen LogP contribution is -2.42.